The van der Waals surface area contributed by atoms with Gasteiger partial charge in [0.15, 0.2) is 5.78 Å². The molecule has 0 radical (unpaired) electrons. The summed E-state index contributed by atoms with van der Waals surface area (Å²) in [6, 6.07) is 2.00. The SMILES string of the molecule is CN(C)CC(=O)Cc1ccsc1. The molecule has 1 aromatic rings. The number of nitrogens with zero attached hydrogens (tertiary/aromatic N) is 1. The standard InChI is InChI=1S/C9H13NOS/c1-10(2)6-9(11)5-8-3-4-12-7-8/h3-4,7H,5-6H2,1-2H3. The number of ketones is 1. The van der Waals surface area contributed by atoms with Crippen molar-refractivity contribution in [2.75, 3.05) is 20.6 Å². The van der Waals surface area contributed by atoms with Gasteiger partial charge in [0.25, 0.3) is 0 Å². The Morgan fingerprint density at radius 1 is 1.58 bits per heavy atom. The van der Waals surface area contributed by atoms with Gasteiger partial charge in [0.05, 0.1) is 6.54 Å². The molecule has 0 amide bonds. The Hall–Kier alpha value is -0.670. The predicted molar refractivity (Wildman–Crippen MR) is 51.6 cm³/mol. The maximum absolute atomic E-state index is 11.3. The molecule has 0 atom stereocenters. The number of likely N-dealkylation sites (N-methyl/N-ethyl adjacent to an activating group) is 1. The van der Waals surface area contributed by atoms with Crippen molar-refractivity contribution in [1.82, 2.24) is 4.90 Å². The van der Waals surface area contributed by atoms with E-state index in [2.05, 4.69) is 0 Å². The molecule has 3 heteroatoms. The van der Waals surface area contributed by atoms with Crippen LogP contribution < -0.4 is 0 Å². The van der Waals surface area contributed by atoms with Crippen LogP contribution >= 0.6 is 11.3 Å². The molecule has 0 saturated carbocycles. The first-order chi connectivity index (χ1) is 5.68. The van der Waals surface area contributed by atoms with Crippen molar-refractivity contribution in [3.8, 4) is 0 Å². The molecule has 1 heterocycles. The highest BCUT2D eigenvalue weighted by Gasteiger charge is 2.04. The predicted octanol–water partition coefficient (Wildman–Crippen LogP) is 1.42. The van der Waals surface area contributed by atoms with Crippen LogP contribution in [-0.2, 0) is 11.2 Å². The van der Waals surface area contributed by atoms with Crippen LogP contribution in [0, 0.1) is 0 Å². The van der Waals surface area contributed by atoms with Crippen LogP contribution in [0.25, 0.3) is 0 Å². The van der Waals surface area contributed by atoms with Gasteiger partial charge in [-0.2, -0.15) is 11.3 Å². The van der Waals surface area contributed by atoms with Gasteiger partial charge in [0.2, 0.25) is 0 Å². The summed E-state index contributed by atoms with van der Waals surface area (Å²) in [6.45, 7) is 0.538. The fourth-order valence-electron chi connectivity index (χ4n) is 1.03. The molecule has 0 bridgehead atoms. The lowest BCUT2D eigenvalue weighted by Gasteiger charge is -2.06. The molecule has 0 fully saturated rings. The van der Waals surface area contributed by atoms with Gasteiger partial charge in [-0.3, -0.25) is 4.79 Å². The Labute approximate surface area is 76.8 Å². The Bertz CT molecular complexity index is 241. The molecular formula is C9H13NOS. The van der Waals surface area contributed by atoms with E-state index in [-0.39, 0.29) is 5.78 Å². The second kappa shape index (κ2) is 4.38. The van der Waals surface area contributed by atoms with Crippen molar-refractivity contribution in [2.24, 2.45) is 0 Å². The summed E-state index contributed by atoms with van der Waals surface area (Å²) in [4.78, 5) is 13.2. The van der Waals surface area contributed by atoms with E-state index in [0.29, 0.717) is 13.0 Å². The number of rotatable bonds is 4. The third kappa shape index (κ3) is 3.15. The molecule has 0 aromatic carbocycles. The van der Waals surface area contributed by atoms with E-state index in [0.717, 1.165) is 5.56 Å². The third-order valence-corrected chi connectivity index (χ3v) is 2.21. The summed E-state index contributed by atoms with van der Waals surface area (Å²) in [5, 5.41) is 4.02. The maximum atomic E-state index is 11.3. The monoisotopic (exact) mass is 183 g/mol. The van der Waals surface area contributed by atoms with Crippen molar-refractivity contribution < 1.29 is 4.79 Å². The second-order valence-electron chi connectivity index (χ2n) is 3.08. The highest BCUT2D eigenvalue weighted by atomic mass is 32.1. The average molecular weight is 183 g/mol. The van der Waals surface area contributed by atoms with Crippen LogP contribution in [0.15, 0.2) is 16.8 Å². The summed E-state index contributed by atoms with van der Waals surface area (Å²) in [5.41, 5.74) is 1.13. The van der Waals surface area contributed by atoms with E-state index in [9.17, 15) is 4.79 Å². The van der Waals surface area contributed by atoms with Gasteiger partial charge in [0, 0.05) is 6.42 Å². The molecular weight excluding hydrogens is 170 g/mol. The van der Waals surface area contributed by atoms with E-state index in [1.54, 1.807) is 11.3 Å². The minimum atomic E-state index is 0.276. The van der Waals surface area contributed by atoms with Crippen LogP contribution in [0.5, 0.6) is 0 Å². The minimum Gasteiger partial charge on any atom is -0.302 e. The lowest BCUT2D eigenvalue weighted by molar-refractivity contribution is -0.119. The zero-order chi connectivity index (χ0) is 8.97. The normalized spacial score (nSPS) is 10.6. The maximum Gasteiger partial charge on any atom is 0.151 e. The van der Waals surface area contributed by atoms with Crippen LogP contribution in [0.4, 0.5) is 0 Å². The molecule has 66 valence electrons. The Kier molecular flexibility index (Phi) is 3.44. The molecule has 1 aromatic heterocycles. The van der Waals surface area contributed by atoms with Gasteiger partial charge in [-0.05, 0) is 36.5 Å². The molecule has 2 nitrogen and oxygen atoms in total. The van der Waals surface area contributed by atoms with Gasteiger partial charge < -0.3 is 4.90 Å². The summed E-state index contributed by atoms with van der Waals surface area (Å²) >= 11 is 1.63. The zero-order valence-corrected chi connectivity index (χ0v) is 8.23. The molecule has 0 aliphatic rings. The Morgan fingerprint density at radius 2 is 2.33 bits per heavy atom. The van der Waals surface area contributed by atoms with E-state index in [1.807, 2.05) is 35.8 Å². The number of hydrogen-bond donors (Lipinski definition) is 0. The minimum absolute atomic E-state index is 0.276. The van der Waals surface area contributed by atoms with Crippen molar-refractivity contribution in [2.45, 2.75) is 6.42 Å². The smallest absolute Gasteiger partial charge is 0.151 e. The number of Topliss-reactive ketones (excluding diaryl/α,β-unsaturated/α-hetero) is 1. The van der Waals surface area contributed by atoms with E-state index >= 15 is 0 Å². The third-order valence-electron chi connectivity index (χ3n) is 1.47. The van der Waals surface area contributed by atoms with Gasteiger partial charge in [-0.25, -0.2) is 0 Å². The summed E-state index contributed by atoms with van der Waals surface area (Å²) in [6.07, 6.45) is 0.571. The topological polar surface area (TPSA) is 20.3 Å². The number of hydrogen-bond acceptors (Lipinski definition) is 3. The molecule has 0 aliphatic heterocycles. The van der Waals surface area contributed by atoms with Crippen LogP contribution in [0.3, 0.4) is 0 Å². The van der Waals surface area contributed by atoms with Gasteiger partial charge >= 0.3 is 0 Å². The lowest BCUT2D eigenvalue weighted by Crippen LogP contribution is -2.22. The molecule has 12 heavy (non-hydrogen) atoms. The zero-order valence-electron chi connectivity index (χ0n) is 7.41. The quantitative estimate of drug-likeness (QED) is 0.703. The van der Waals surface area contributed by atoms with Crippen molar-refractivity contribution in [3.63, 3.8) is 0 Å². The molecule has 0 saturated heterocycles. The molecule has 1 rings (SSSR count). The Morgan fingerprint density at radius 3 is 2.83 bits per heavy atom. The van der Waals surface area contributed by atoms with E-state index in [4.69, 9.17) is 0 Å². The van der Waals surface area contributed by atoms with E-state index < -0.39 is 0 Å². The second-order valence-corrected chi connectivity index (χ2v) is 3.86. The first kappa shape index (κ1) is 9.42. The van der Waals surface area contributed by atoms with Crippen LogP contribution in [0.1, 0.15) is 5.56 Å². The summed E-state index contributed by atoms with van der Waals surface area (Å²) in [7, 11) is 3.82. The largest absolute Gasteiger partial charge is 0.302 e. The fraction of sp³-hybridized carbons (Fsp3) is 0.444. The lowest BCUT2D eigenvalue weighted by atomic mass is 10.2. The van der Waals surface area contributed by atoms with Crippen molar-refractivity contribution in [3.05, 3.63) is 22.4 Å². The number of thiophene rings is 1. The van der Waals surface area contributed by atoms with Gasteiger partial charge in [0.1, 0.15) is 0 Å². The average Bonchev–Trinajstić information content (AvgIpc) is 2.37. The molecule has 0 unspecified atom stereocenters. The first-order valence-corrected chi connectivity index (χ1v) is 4.80. The molecule has 0 spiro atoms. The number of carbonyl (C=O) groups is 1. The summed E-state index contributed by atoms with van der Waals surface area (Å²) < 4.78 is 0. The summed E-state index contributed by atoms with van der Waals surface area (Å²) in [5.74, 6) is 0.276. The van der Waals surface area contributed by atoms with Crippen LogP contribution in [0.2, 0.25) is 0 Å². The van der Waals surface area contributed by atoms with Crippen molar-refractivity contribution in [1.29, 1.82) is 0 Å². The molecule has 0 aliphatic carbocycles. The van der Waals surface area contributed by atoms with Gasteiger partial charge in [-0.15, -0.1) is 0 Å². The first-order valence-electron chi connectivity index (χ1n) is 3.86. The fourth-order valence-corrected chi connectivity index (χ4v) is 1.70. The highest BCUT2D eigenvalue weighted by molar-refractivity contribution is 7.07. The Balaban J connectivity index is 2.37. The molecule has 0 N–H and O–H groups in total. The highest BCUT2D eigenvalue weighted by Crippen LogP contribution is 2.06. The van der Waals surface area contributed by atoms with E-state index in [1.165, 1.54) is 0 Å². The van der Waals surface area contributed by atoms with Crippen LogP contribution in [-0.4, -0.2) is 31.3 Å². The van der Waals surface area contributed by atoms with Gasteiger partial charge in [-0.1, -0.05) is 0 Å². The number of carbonyl (C=O) groups excluding carboxylic acids is 1. The van der Waals surface area contributed by atoms with Crippen molar-refractivity contribution >= 4 is 17.1 Å².